The molecule has 0 aliphatic carbocycles. The quantitative estimate of drug-likeness (QED) is 0.414. The normalized spacial score (nSPS) is 14.5. The molecule has 7 nitrogen and oxygen atoms in total. The number of aryl methyl sites for hydroxylation is 3. The minimum Gasteiger partial charge on any atom is -0.489 e. The van der Waals surface area contributed by atoms with Crippen LogP contribution in [0.15, 0.2) is 54.6 Å². The van der Waals surface area contributed by atoms with Gasteiger partial charge in [-0.25, -0.2) is 0 Å². The van der Waals surface area contributed by atoms with Crippen molar-refractivity contribution in [3.8, 4) is 11.5 Å². The number of para-hydroxylation sites is 2. The lowest BCUT2D eigenvalue weighted by Gasteiger charge is -2.33. The summed E-state index contributed by atoms with van der Waals surface area (Å²) in [6, 6.07) is 17.2. The highest BCUT2D eigenvalue weighted by molar-refractivity contribution is 6.05. The summed E-state index contributed by atoms with van der Waals surface area (Å²) in [5, 5.41) is 12.1. The van der Waals surface area contributed by atoms with E-state index < -0.39 is 5.97 Å². The van der Waals surface area contributed by atoms with E-state index in [2.05, 4.69) is 10.2 Å². The molecule has 3 aromatic rings. The van der Waals surface area contributed by atoms with E-state index in [4.69, 9.17) is 14.6 Å². The van der Waals surface area contributed by atoms with E-state index in [1.807, 2.05) is 70.3 Å². The predicted molar refractivity (Wildman–Crippen MR) is 145 cm³/mol. The van der Waals surface area contributed by atoms with Crippen molar-refractivity contribution in [3.63, 3.8) is 0 Å². The second kappa shape index (κ2) is 11.4. The molecule has 3 aromatic carbocycles. The lowest BCUT2D eigenvalue weighted by atomic mass is 9.98. The van der Waals surface area contributed by atoms with Gasteiger partial charge in [-0.05, 0) is 78.4 Å². The fourth-order valence-electron chi connectivity index (χ4n) is 4.64. The number of ether oxygens (including phenoxy) is 2. The van der Waals surface area contributed by atoms with Gasteiger partial charge in [-0.15, -0.1) is 0 Å². The highest BCUT2D eigenvalue weighted by atomic mass is 16.5. The van der Waals surface area contributed by atoms with Crippen LogP contribution < -0.4 is 19.7 Å². The molecule has 1 aliphatic rings. The molecule has 1 amide bonds. The number of rotatable bonds is 9. The Morgan fingerprint density at radius 2 is 1.81 bits per heavy atom. The summed E-state index contributed by atoms with van der Waals surface area (Å²) >= 11 is 0. The molecule has 0 radical (unpaired) electrons. The third kappa shape index (κ3) is 6.05. The molecule has 0 saturated carbocycles. The van der Waals surface area contributed by atoms with Gasteiger partial charge in [0.15, 0.2) is 0 Å². The molecule has 0 aromatic heterocycles. The molecule has 4 rings (SSSR count). The van der Waals surface area contributed by atoms with Crippen LogP contribution in [0.4, 0.5) is 11.4 Å². The standard InChI is InChI=1S/C30H34N2O5/c1-5-20-15-28(36-18-24-17-32(4)26-9-7-8-10-27(26)37-24)21(6-2)14-25(20)30(35)31-23-12-11-19(3)22(13-23)16-29(33)34/h7-15,24H,5-6,16-18H2,1-4H3,(H,31,35)(H,33,34)/t24-/m0/s1. The van der Waals surface area contributed by atoms with Crippen LogP contribution in [-0.4, -0.2) is 43.3 Å². The molecule has 37 heavy (non-hydrogen) atoms. The van der Waals surface area contributed by atoms with Crippen LogP contribution in [-0.2, 0) is 24.1 Å². The molecular weight excluding hydrogens is 468 g/mol. The van der Waals surface area contributed by atoms with Gasteiger partial charge in [0.05, 0.1) is 18.7 Å². The second-order valence-corrected chi connectivity index (χ2v) is 9.39. The molecule has 1 aliphatic heterocycles. The Labute approximate surface area is 218 Å². The van der Waals surface area contributed by atoms with Crippen molar-refractivity contribution in [2.24, 2.45) is 0 Å². The summed E-state index contributed by atoms with van der Waals surface area (Å²) in [4.78, 5) is 26.6. The fourth-order valence-corrected chi connectivity index (χ4v) is 4.64. The van der Waals surface area contributed by atoms with Crippen LogP contribution in [0.3, 0.4) is 0 Å². The van der Waals surface area contributed by atoms with E-state index in [0.29, 0.717) is 36.3 Å². The summed E-state index contributed by atoms with van der Waals surface area (Å²) in [5.41, 5.74) is 5.62. The van der Waals surface area contributed by atoms with Crippen LogP contribution in [0.5, 0.6) is 11.5 Å². The maximum absolute atomic E-state index is 13.3. The Morgan fingerprint density at radius 1 is 1.05 bits per heavy atom. The van der Waals surface area contributed by atoms with E-state index in [1.54, 1.807) is 12.1 Å². The van der Waals surface area contributed by atoms with Crippen LogP contribution in [0.2, 0.25) is 0 Å². The minimum absolute atomic E-state index is 0.0894. The number of amides is 1. The number of carbonyl (C=O) groups excluding carboxylic acids is 1. The summed E-state index contributed by atoms with van der Waals surface area (Å²) in [6.45, 7) is 7.03. The Kier molecular flexibility index (Phi) is 8.01. The number of anilines is 2. The molecule has 0 bridgehead atoms. The first kappa shape index (κ1) is 26.1. The van der Waals surface area contributed by atoms with E-state index in [-0.39, 0.29) is 18.4 Å². The predicted octanol–water partition coefficient (Wildman–Crippen LogP) is 5.28. The zero-order chi connectivity index (χ0) is 26.5. The lowest BCUT2D eigenvalue weighted by Crippen LogP contribution is -2.41. The second-order valence-electron chi connectivity index (χ2n) is 9.39. The molecule has 0 spiro atoms. The van der Waals surface area contributed by atoms with Gasteiger partial charge < -0.3 is 24.8 Å². The number of nitrogens with zero attached hydrogens (tertiary/aromatic N) is 1. The van der Waals surface area contributed by atoms with E-state index >= 15 is 0 Å². The molecule has 1 atom stereocenters. The molecule has 0 unspecified atom stereocenters. The number of carboxylic acid groups (broad SMARTS) is 1. The van der Waals surface area contributed by atoms with Gasteiger partial charge in [-0.1, -0.05) is 32.0 Å². The Morgan fingerprint density at radius 3 is 2.54 bits per heavy atom. The van der Waals surface area contributed by atoms with Crippen LogP contribution >= 0.6 is 0 Å². The molecule has 194 valence electrons. The van der Waals surface area contributed by atoms with Gasteiger partial charge >= 0.3 is 5.97 Å². The monoisotopic (exact) mass is 502 g/mol. The van der Waals surface area contributed by atoms with Crippen LogP contribution in [0.25, 0.3) is 0 Å². The number of carbonyl (C=O) groups is 2. The van der Waals surface area contributed by atoms with Crippen molar-refractivity contribution < 1.29 is 24.2 Å². The molecule has 1 heterocycles. The van der Waals surface area contributed by atoms with Crippen LogP contribution in [0.1, 0.15) is 46.5 Å². The van der Waals surface area contributed by atoms with Gasteiger partial charge in [0.2, 0.25) is 0 Å². The number of carboxylic acids is 1. The van der Waals surface area contributed by atoms with Crippen molar-refractivity contribution in [3.05, 3.63) is 82.4 Å². The van der Waals surface area contributed by atoms with E-state index in [0.717, 1.165) is 40.4 Å². The maximum atomic E-state index is 13.3. The number of hydrogen-bond donors (Lipinski definition) is 2. The smallest absolute Gasteiger partial charge is 0.307 e. The van der Waals surface area contributed by atoms with Gasteiger partial charge in [0.25, 0.3) is 5.91 Å². The largest absolute Gasteiger partial charge is 0.489 e. The van der Waals surface area contributed by atoms with Crippen molar-refractivity contribution in [1.82, 2.24) is 0 Å². The number of benzene rings is 3. The number of fused-ring (bicyclic) bond motifs is 1. The maximum Gasteiger partial charge on any atom is 0.307 e. The van der Waals surface area contributed by atoms with Gasteiger partial charge in [-0.2, -0.15) is 0 Å². The van der Waals surface area contributed by atoms with E-state index in [1.165, 1.54) is 0 Å². The fraction of sp³-hybridized carbons (Fsp3) is 0.333. The molecular formula is C30H34N2O5. The van der Waals surface area contributed by atoms with Crippen molar-refractivity contribution in [1.29, 1.82) is 0 Å². The molecule has 0 saturated heterocycles. The Balaban J connectivity index is 1.50. The van der Waals surface area contributed by atoms with E-state index in [9.17, 15) is 9.59 Å². The first-order valence-corrected chi connectivity index (χ1v) is 12.7. The Hall–Kier alpha value is -4.00. The SMILES string of the molecule is CCc1cc(C(=O)Nc2ccc(C)c(CC(=O)O)c2)c(CC)cc1OC[C@@H]1CN(C)c2ccccc2O1. The van der Waals surface area contributed by atoms with Gasteiger partial charge in [-0.3, -0.25) is 9.59 Å². The third-order valence-electron chi connectivity index (χ3n) is 6.71. The van der Waals surface area contributed by atoms with Crippen molar-refractivity contribution in [2.45, 2.75) is 46.1 Å². The summed E-state index contributed by atoms with van der Waals surface area (Å²) in [7, 11) is 2.05. The molecule has 0 fully saturated rings. The van der Waals surface area contributed by atoms with Crippen molar-refractivity contribution >= 4 is 23.3 Å². The highest BCUT2D eigenvalue weighted by Crippen LogP contribution is 2.33. The third-order valence-corrected chi connectivity index (χ3v) is 6.71. The first-order valence-electron chi connectivity index (χ1n) is 12.7. The summed E-state index contributed by atoms with van der Waals surface area (Å²) in [5.74, 6) is 0.485. The number of hydrogen-bond acceptors (Lipinski definition) is 5. The number of aliphatic carboxylic acids is 1. The Bertz CT molecular complexity index is 1300. The summed E-state index contributed by atoms with van der Waals surface area (Å²) in [6.07, 6.45) is 1.17. The highest BCUT2D eigenvalue weighted by Gasteiger charge is 2.24. The van der Waals surface area contributed by atoms with Crippen LogP contribution in [0, 0.1) is 6.92 Å². The zero-order valence-corrected chi connectivity index (χ0v) is 21.8. The summed E-state index contributed by atoms with van der Waals surface area (Å²) < 4.78 is 12.4. The first-order chi connectivity index (χ1) is 17.8. The number of likely N-dealkylation sites (N-methyl/N-ethyl adjacent to an activating group) is 1. The average Bonchev–Trinajstić information content (AvgIpc) is 2.88. The lowest BCUT2D eigenvalue weighted by molar-refractivity contribution is -0.136. The number of nitrogens with one attached hydrogen (secondary N) is 1. The topological polar surface area (TPSA) is 88.1 Å². The molecule has 2 N–H and O–H groups in total. The average molecular weight is 503 g/mol. The van der Waals surface area contributed by atoms with Crippen molar-refractivity contribution in [2.75, 3.05) is 30.4 Å². The van der Waals surface area contributed by atoms with Gasteiger partial charge in [0, 0.05) is 18.3 Å². The molecule has 7 heteroatoms. The zero-order valence-electron chi connectivity index (χ0n) is 21.8. The minimum atomic E-state index is -0.905. The van der Waals surface area contributed by atoms with Gasteiger partial charge in [0.1, 0.15) is 24.2 Å².